The molecule has 0 N–H and O–H groups in total. The molecule has 29 heavy (non-hydrogen) atoms. The molecule has 4 rings (SSSR count). The van der Waals surface area contributed by atoms with E-state index in [2.05, 4.69) is 25.9 Å². The van der Waals surface area contributed by atoms with Gasteiger partial charge in [0.1, 0.15) is 18.8 Å². The van der Waals surface area contributed by atoms with Crippen LogP contribution in [0.5, 0.6) is 0 Å². The highest BCUT2D eigenvalue weighted by Gasteiger charge is 2.25. The van der Waals surface area contributed by atoms with Crippen LogP contribution in [0.3, 0.4) is 0 Å². The number of fused-ring (bicyclic) bond motifs is 1. The first-order valence-corrected chi connectivity index (χ1v) is 8.82. The monoisotopic (exact) mass is 389 g/mol. The molecule has 2 unspecified atom stereocenters. The van der Waals surface area contributed by atoms with Gasteiger partial charge in [0.25, 0.3) is 0 Å². The molecule has 2 aromatic heterocycles. The Morgan fingerprint density at radius 2 is 1.97 bits per heavy atom. The van der Waals surface area contributed by atoms with Gasteiger partial charge in [-0.25, -0.2) is 28.1 Å². The van der Waals surface area contributed by atoms with Gasteiger partial charge in [-0.1, -0.05) is 36.4 Å². The van der Waals surface area contributed by atoms with Crippen molar-refractivity contribution in [2.75, 3.05) is 0 Å². The molecule has 0 bridgehead atoms. The summed E-state index contributed by atoms with van der Waals surface area (Å²) in [4.78, 5) is 17.5. The molecular formula is C21H13BF3N4. The SMILES string of the molecule is C[B]c1cncc(-c2nc(N=C3C#CC(F)C(F)C(F)=C3)c3ccccc3n2)c1. The number of halogens is 3. The second kappa shape index (κ2) is 7.88. The molecule has 0 aliphatic heterocycles. The first kappa shape index (κ1) is 18.9. The van der Waals surface area contributed by atoms with Crippen molar-refractivity contribution >= 4 is 35.2 Å². The van der Waals surface area contributed by atoms with Crippen LogP contribution in [0.4, 0.5) is 19.0 Å². The Kier molecular flexibility index (Phi) is 5.13. The van der Waals surface area contributed by atoms with Gasteiger partial charge in [-0.2, -0.15) is 0 Å². The standard InChI is InChI=1S/C21H13BF3N4/c1-22-13-8-12(10-26-11-13)20-28-18-5-3-2-4-15(18)21(29-20)27-14-6-7-16(23)19(25)17(24)9-14/h2-5,8-11,16,19H,1H3. The van der Waals surface area contributed by atoms with Crippen LogP contribution < -0.4 is 5.46 Å². The van der Waals surface area contributed by atoms with Gasteiger partial charge in [0.05, 0.1) is 5.52 Å². The summed E-state index contributed by atoms with van der Waals surface area (Å²) in [7, 11) is 1.90. The van der Waals surface area contributed by atoms with E-state index in [0.29, 0.717) is 22.3 Å². The van der Waals surface area contributed by atoms with Gasteiger partial charge in [0.2, 0.25) is 0 Å². The maximum atomic E-state index is 13.8. The van der Waals surface area contributed by atoms with E-state index < -0.39 is 18.2 Å². The molecule has 8 heteroatoms. The molecule has 0 saturated carbocycles. The zero-order chi connectivity index (χ0) is 20.4. The predicted molar refractivity (Wildman–Crippen MR) is 108 cm³/mol. The summed E-state index contributed by atoms with van der Waals surface area (Å²) >= 11 is 0. The molecule has 141 valence electrons. The zero-order valence-corrected chi connectivity index (χ0v) is 15.3. The Morgan fingerprint density at radius 1 is 1.14 bits per heavy atom. The van der Waals surface area contributed by atoms with E-state index in [1.54, 1.807) is 30.6 Å². The average Bonchev–Trinajstić information content (AvgIpc) is 2.87. The number of pyridine rings is 1. The summed E-state index contributed by atoms with van der Waals surface area (Å²) in [6, 6.07) is 9.02. The quantitative estimate of drug-likeness (QED) is 0.507. The van der Waals surface area contributed by atoms with Crippen molar-refractivity contribution in [3.63, 3.8) is 0 Å². The smallest absolute Gasteiger partial charge is 0.198 e. The van der Waals surface area contributed by atoms with Crippen LogP contribution in [0.15, 0.2) is 59.6 Å². The second-order valence-electron chi connectivity index (χ2n) is 6.28. The molecule has 0 spiro atoms. The van der Waals surface area contributed by atoms with Crippen molar-refractivity contribution in [3.05, 3.63) is 54.6 Å². The van der Waals surface area contributed by atoms with Crippen LogP contribution in [-0.2, 0) is 0 Å². The molecule has 0 saturated heterocycles. The molecule has 0 fully saturated rings. The van der Waals surface area contributed by atoms with E-state index >= 15 is 0 Å². The third kappa shape index (κ3) is 3.90. The molecule has 1 aliphatic rings. The Morgan fingerprint density at radius 3 is 2.79 bits per heavy atom. The van der Waals surface area contributed by atoms with E-state index in [0.717, 1.165) is 11.5 Å². The normalized spacial score (nSPS) is 20.0. The summed E-state index contributed by atoms with van der Waals surface area (Å²) in [6.07, 6.45) is -0.536. The van der Waals surface area contributed by atoms with Gasteiger partial charge in [-0.15, -0.1) is 0 Å². The van der Waals surface area contributed by atoms with E-state index in [4.69, 9.17) is 0 Å². The van der Waals surface area contributed by atoms with Crippen LogP contribution in [0, 0.1) is 11.8 Å². The molecule has 3 aromatic rings. The van der Waals surface area contributed by atoms with Gasteiger partial charge in [-0.05, 0) is 18.1 Å². The fourth-order valence-electron chi connectivity index (χ4n) is 2.79. The summed E-state index contributed by atoms with van der Waals surface area (Å²) < 4.78 is 40.9. The number of alkyl halides is 2. The first-order chi connectivity index (χ1) is 14.0. The van der Waals surface area contributed by atoms with Gasteiger partial charge in [0.15, 0.2) is 24.0 Å². The average molecular weight is 389 g/mol. The number of hydrogen-bond acceptors (Lipinski definition) is 4. The minimum absolute atomic E-state index is 0.117. The van der Waals surface area contributed by atoms with Crippen molar-refractivity contribution in [1.82, 2.24) is 15.0 Å². The largest absolute Gasteiger partial charge is 0.265 e. The van der Waals surface area contributed by atoms with Crippen molar-refractivity contribution in [1.29, 1.82) is 0 Å². The third-order valence-electron chi connectivity index (χ3n) is 4.29. The Hall–Kier alpha value is -3.47. The highest BCUT2D eigenvalue weighted by molar-refractivity contribution is 6.51. The molecule has 1 aromatic carbocycles. The van der Waals surface area contributed by atoms with Gasteiger partial charge < -0.3 is 0 Å². The van der Waals surface area contributed by atoms with Crippen molar-refractivity contribution in [2.24, 2.45) is 4.99 Å². The Bertz CT molecular complexity index is 1210. The number of hydrogen-bond donors (Lipinski definition) is 0. The number of rotatable bonds is 3. The Balaban J connectivity index is 1.90. The lowest BCUT2D eigenvalue weighted by Gasteiger charge is -2.07. The summed E-state index contributed by atoms with van der Waals surface area (Å²) in [5.74, 6) is 3.72. The number of para-hydroxylation sites is 1. The molecule has 4 nitrogen and oxygen atoms in total. The van der Waals surface area contributed by atoms with Crippen LogP contribution >= 0.6 is 0 Å². The van der Waals surface area contributed by atoms with E-state index in [1.165, 1.54) is 0 Å². The number of aromatic nitrogens is 3. The zero-order valence-electron chi connectivity index (χ0n) is 15.3. The highest BCUT2D eigenvalue weighted by atomic mass is 19.2. The van der Waals surface area contributed by atoms with Gasteiger partial charge in [0, 0.05) is 29.4 Å². The lowest BCUT2D eigenvalue weighted by atomic mass is 9.74. The van der Waals surface area contributed by atoms with Crippen molar-refractivity contribution in [3.8, 4) is 23.2 Å². The minimum Gasteiger partial charge on any atom is -0.265 e. The summed E-state index contributed by atoms with van der Waals surface area (Å²) in [5.41, 5.74) is 2.07. The predicted octanol–water partition coefficient (Wildman–Crippen LogP) is 3.69. The minimum atomic E-state index is -2.42. The van der Waals surface area contributed by atoms with E-state index in [1.807, 2.05) is 32.2 Å². The van der Waals surface area contributed by atoms with Crippen molar-refractivity contribution in [2.45, 2.75) is 19.2 Å². The fourth-order valence-corrected chi connectivity index (χ4v) is 2.79. The lowest BCUT2D eigenvalue weighted by molar-refractivity contribution is 0.217. The lowest BCUT2D eigenvalue weighted by Crippen LogP contribution is -2.14. The highest BCUT2D eigenvalue weighted by Crippen LogP contribution is 2.27. The fraction of sp³-hybridized carbons (Fsp3) is 0.143. The number of nitrogens with zero attached hydrogens (tertiary/aromatic N) is 4. The van der Waals surface area contributed by atoms with Gasteiger partial charge in [-0.3, -0.25) is 4.98 Å². The Labute approximate surface area is 165 Å². The summed E-state index contributed by atoms with van der Waals surface area (Å²) in [5, 5.41) is 0.600. The number of aliphatic imine (C=N–C) groups is 1. The first-order valence-electron chi connectivity index (χ1n) is 8.82. The molecule has 1 radical (unpaired) electrons. The number of benzene rings is 1. The van der Waals surface area contributed by atoms with Crippen LogP contribution in [0.25, 0.3) is 22.3 Å². The molecular weight excluding hydrogens is 376 g/mol. The van der Waals surface area contributed by atoms with E-state index in [9.17, 15) is 13.2 Å². The second-order valence-corrected chi connectivity index (χ2v) is 6.28. The number of allylic oxidation sites excluding steroid dienone is 2. The van der Waals surface area contributed by atoms with Crippen LogP contribution in [-0.4, -0.2) is 40.3 Å². The van der Waals surface area contributed by atoms with Crippen molar-refractivity contribution < 1.29 is 13.2 Å². The van der Waals surface area contributed by atoms with Gasteiger partial charge >= 0.3 is 0 Å². The topological polar surface area (TPSA) is 51.0 Å². The van der Waals surface area contributed by atoms with E-state index in [-0.39, 0.29) is 11.5 Å². The molecule has 2 heterocycles. The third-order valence-corrected chi connectivity index (χ3v) is 4.29. The summed E-state index contributed by atoms with van der Waals surface area (Å²) in [6.45, 7) is 1.89. The molecule has 2 atom stereocenters. The maximum Gasteiger partial charge on any atom is 0.198 e. The maximum absolute atomic E-state index is 13.8. The van der Waals surface area contributed by atoms with Crippen LogP contribution in [0.2, 0.25) is 6.82 Å². The molecule has 1 aliphatic carbocycles. The van der Waals surface area contributed by atoms with Crippen LogP contribution in [0.1, 0.15) is 0 Å². The molecule has 0 amide bonds.